The quantitative estimate of drug-likeness (QED) is 0.778. The maximum Gasteiger partial charge on any atom is 0.125 e. The molecule has 1 fully saturated rings. The molecule has 0 aliphatic carbocycles. The molecule has 0 amide bonds. The average molecular weight is 222 g/mol. The minimum absolute atomic E-state index is 0.246. The maximum atomic E-state index is 12.9. The molecule has 1 saturated heterocycles. The fourth-order valence-corrected chi connectivity index (χ4v) is 2.33. The number of rotatable bonds is 2. The molecule has 88 valence electrons. The zero-order valence-corrected chi connectivity index (χ0v) is 9.75. The average Bonchev–Trinajstić information content (AvgIpc) is 2.25. The fourth-order valence-electron chi connectivity index (χ4n) is 2.33. The van der Waals surface area contributed by atoms with Gasteiger partial charge in [-0.25, -0.2) is 4.39 Å². The lowest BCUT2D eigenvalue weighted by molar-refractivity contribution is 0.219. The first kappa shape index (κ1) is 11.4. The van der Waals surface area contributed by atoms with Gasteiger partial charge in [-0.2, -0.15) is 0 Å². The molecule has 0 unspecified atom stereocenters. The lowest BCUT2D eigenvalue weighted by atomic mass is 9.90. The number of benzene rings is 1. The minimum Gasteiger partial charge on any atom is -0.398 e. The molecule has 2 rings (SSSR count). The third kappa shape index (κ3) is 2.73. The Balaban J connectivity index is 1.98. The number of likely N-dealkylation sites (tertiary alicyclic amines) is 1. The summed E-state index contributed by atoms with van der Waals surface area (Å²) in [5.41, 5.74) is 7.51. The van der Waals surface area contributed by atoms with Crippen LogP contribution in [0, 0.1) is 11.7 Å². The summed E-state index contributed by atoms with van der Waals surface area (Å²) in [5.74, 6) is 0.452. The topological polar surface area (TPSA) is 29.3 Å². The number of anilines is 1. The van der Waals surface area contributed by atoms with Crippen molar-refractivity contribution in [1.82, 2.24) is 4.90 Å². The van der Waals surface area contributed by atoms with Crippen LogP contribution in [0.25, 0.3) is 0 Å². The van der Waals surface area contributed by atoms with Crippen molar-refractivity contribution in [3.63, 3.8) is 0 Å². The first-order valence-electron chi connectivity index (χ1n) is 5.87. The molecule has 1 aromatic carbocycles. The first-order valence-corrected chi connectivity index (χ1v) is 5.87. The van der Waals surface area contributed by atoms with Crippen LogP contribution >= 0.6 is 0 Å². The number of halogens is 1. The Morgan fingerprint density at radius 3 is 2.69 bits per heavy atom. The van der Waals surface area contributed by atoms with Crippen LogP contribution < -0.4 is 5.73 Å². The van der Waals surface area contributed by atoms with Crippen LogP contribution in [0.5, 0.6) is 0 Å². The zero-order chi connectivity index (χ0) is 11.5. The Labute approximate surface area is 96.2 Å². The van der Waals surface area contributed by atoms with Crippen LogP contribution in [-0.4, -0.2) is 25.0 Å². The van der Waals surface area contributed by atoms with E-state index in [1.54, 1.807) is 0 Å². The summed E-state index contributed by atoms with van der Waals surface area (Å²) in [6.07, 6.45) is 3.42. The summed E-state index contributed by atoms with van der Waals surface area (Å²) in [7, 11) is 2.16. The Hall–Kier alpha value is -1.09. The Kier molecular flexibility index (Phi) is 3.44. The normalized spacial score (nSPS) is 18.9. The summed E-state index contributed by atoms with van der Waals surface area (Å²) in [6, 6.07) is 4.74. The van der Waals surface area contributed by atoms with Gasteiger partial charge < -0.3 is 10.6 Å². The van der Waals surface area contributed by atoms with E-state index in [1.165, 1.54) is 25.0 Å². The van der Waals surface area contributed by atoms with E-state index in [4.69, 9.17) is 5.73 Å². The summed E-state index contributed by atoms with van der Waals surface area (Å²) < 4.78 is 12.9. The van der Waals surface area contributed by atoms with Gasteiger partial charge in [-0.1, -0.05) is 6.07 Å². The Morgan fingerprint density at radius 2 is 2.06 bits per heavy atom. The van der Waals surface area contributed by atoms with Crippen molar-refractivity contribution in [2.24, 2.45) is 5.92 Å². The number of nitrogens with zero attached hydrogens (tertiary/aromatic N) is 1. The second-order valence-electron chi connectivity index (χ2n) is 4.79. The van der Waals surface area contributed by atoms with E-state index in [0.29, 0.717) is 11.6 Å². The van der Waals surface area contributed by atoms with Crippen LogP contribution in [0.3, 0.4) is 0 Å². The molecule has 1 heterocycles. The largest absolute Gasteiger partial charge is 0.398 e. The van der Waals surface area contributed by atoms with Gasteiger partial charge in [-0.05, 0) is 63.0 Å². The third-order valence-corrected chi connectivity index (χ3v) is 3.45. The molecule has 2 nitrogen and oxygen atoms in total. The fraction of sp³-hybridized carbons (Fsp3) is 0.538. The molecule has 2 N–H and O–H groups in total. The van der Waals surface area contributed by atoms with E-state index in [1.807, 2.05) is 6.07 Å². The van der Waals surface area contributed by atoms with Gasteiger partial charge in [-0.3, -0.25) is 0 Å². The van der Waals surface area contributed by atoms with Gasteiger partial charge in [0, 0.05) is 5.69 Å². The molecule has 0 radical (unpaired) electrons. The molecule has 0 spiro atoms. The van der Waals surface area contributed by atoms with Crippen molar-refractivity contribution in [3.05, 3.63) is 29.6 Å². The van der Waals surface area contributed by atoms with Gasteiger partial charge in [-0.15, -0.1) is 0 Å². The van der Waals surface area contributed by atoms with Crippen LogP contribution in [0.1, 0.15) is 18.4 Å². The molecule has 0 bridgehead atoms. The van der Waals surface area contributed by atoms with Gasteiger partial charge in [0.05, 0.1) is 0 Å². The molecule has 16 heavy (non-hydrogen) atoms. The number of hydrogen-bond donors (Lipinski definition) is 1. The van der Waals surface area contributed by atoms with Crippen molar-refractivity contribution >= 4 is 5.69 Å². The monoisotopic (exact) mass is 222 g/mol. The summed E-state index contributed by atoms with van der Waals surface area (Å²) >= 11 is 0. The van der Waals surface area contributed by atoms with E-state index in [0.717, 1.165) is 25.1 Å². The smallest absolute Gasteiger partial charge is 0.125 e. The predicted octanol–water partition coefficient (Wildman–Crippen LogP) is 2.29. The second kappa shape index (κ2) is 4.83. The highest BCUT2D eigenvalue weighted by atomic mass is 19.1. The molecule has 0 atom stereocenters. The molecule has 1 aliphatic rings. The van der Waals surface area contributed by atoms with Gasteiger partial charge in [0.25, 0.3) is 0 Å². The molecule has 0 saturated carbocycles. The second-order valence-corrected chi connectivity index (χ2v) is 4.79. The molecular formula is C13H19FN2. The molecular weight excluding hydrogens is 203 g/mol. The van der Waals surface area contributed by atoms with E-state index in [9.17, 15) is 4.39 Å². The summed E-state index contributed by atoms with van der Waals surface area (Å²) in [6.45, 7) is 2.32. The number of nitrogen functional groups attached to an aromatic ring is 1. The van der Waals surface area contributed by atoms with Crippen molar-refractivity contribution in [2.75, 3.05) is 25.9 Å². The lowest BCUT2D eigenvalue weighted by Crippen LogP contribution is -2.31. The Morgan fingerprint density at radius 1 is 1.38 bits per heavy atom. The van der Waals surface area contributed by atoms with Crippen LogP contribution in [0.4, 0.5) is 10.1 Å². The molecule has 3 heteroatoms. The van der Waals surface area contributed by atoms with Gasteiger partial charge >= 0.3 is 0 Å². The summed E-state index contributed by atoms with van der Waals surface area (Å²) in [4.78, 5) is 2.35. The van der Waals surface area contributed by atoms with Gasteiger partial charge in [0.1, 0.15) is 5.82 Å². The standard InChI is InChI=1S/C13H19FN2/c1-16-6-4-10(5-7-16)8-11-2-3-12(14)9-13(11)15/h2-3,9-10H,4-8,15H2,1H3. The zero-order valence-electron chi connectivity index (χ0n) is 9.75. The summed E-state index contributed by atoms with van der Waals surface area (Å²) in [5, 5.41) is 0. The SMILES string of the molecule is CN1CCC(Cc2ccc(F)cc2N)CC1. The van der Waals surface area contributed by atoms with E-state index >= 15 is 0 Å². The van der Waals surface area contributed by atoms with Crippen molar-refractivity contribution in [2.45, 2.75) is 19.3 Å². The van der Waals surface area contributed by atoms with Gasteiger partial charge in [0.2, 0.25) is 0 Å². The van der Waals surface area contributed by atoms with E-state index in [-0.39, 0.29) is 5.82 Å². The molecule has 1 aliphatic heterocycles. The highest BCUT2D eigenvalue weighted by Gasteiger charge is 2.17. The van der Waals surface area contributed by atoms with E-state index < -0.39 is 0 Å². The van der Waals surface area contributed by atoms with Crippen LogP contribution in [0.15, 0.2) is 18.2 Å². The Bertz CT molecular complexity index is 357. The van der Waals surface area contributed by atoms with Crippen molar-refractivity contribution in [3.8, 4) is 0 Å². The number of nitrogens with two attached hydrogens (primary N) is 1. The van der Waals surface area contributed by atoms with Crippen LogP contribution in [-0.2, 0) is 6.42 Å². The molecule has 0 aromatic heterocycles. The lowest BCUT2D eigenvalue weighted by Gasteiger charge is -2.29. The van der Waals surface area contributed by atoms with E-state index in [2.05, 4.69) is 11.9 Å². The molecule has 1 aromatic rings. The highest BCUT2D eigenvalue weighted by Crippen LogP contribution is 2.24. The minimum atomic E-state index is -0.246. The van der Waals surface area contributed by atoms with Crippen LogP contribution in [0.2, 0.25) is 0 Å². The highest BCUT2D eigenvalue weighted by molar-refractivity contribution is 5.47. The third-order valence-electron chi connectivity index (χ3n) is 3.45. The predicted molar refractivity (Wildman–Crippen MR) is 64.7 cm³/mol. The first-order chi connectivity index (χ1) is 7.65. The van der Waals surface area contributed by atoms with Crippen molar-refractivity contribution < 1.29 is 4.39 Å². The van der Waals surface area contributed by atoms with Crippen molar-refractivity contribution in [1.29, 1.82) is 0 Å². The maximum absolute atomic E-state index is 12.9. The number of hydrogen-bond acceptors (Lipinski definition) is 2. The number of piperidine rings is 1. The van der Waals surface area contributed by atoms with Gasteiger partial charge in [0.15, 0.2) is 0 Å².